The third-order valence-corrected chi connectivity index (χ3v) is 5.87. The van der Waals surface area contributed by atoms with Gasteiger partial charge in [0.05, 0.1) is 29.9 Å². The van der Waals surface area contributed by atoms with Crippen molar-refractivity contribution in [2.75, 3.05) is 19.6 Å². The van der Waals surface area contributed by atoms with E-state index in [1.165, 1.54) is 17.5 Å². The highest BCUT2D eigenvalue weighted by molar-refractivity contribution is 7.07. The van der Waals surface area contributed by atoms with E-state index in [1.54, 1.807) is 6.92 Å². The van der Waals surface area contributed by atoms with Gasteiger partial charge in [0.15, 0.2) is 0 Å². The maximum absolute atomic E-state index is 12.8. The van der Waals surface area contributed by atoms with Crippen LogP contribution in [0.1, 0.15) is 33.9 Å². The second-order valence-corrected chi connectivity index (χ2v) is 7.69. The zero-order chi connectivity index (χ0) is 19.5. The number of likely N-dealkylation sites (tertiary alicyclic amines) is 1. The third-order valence-electron chi connectivity index (χ3n) is 5.05. The minimum atomic E-state index is -0.229. The number of rotatable bonds is 6. The first-order chi connectivity index (χ1) is 13.6. The summed E-state index contributed by atoms with van der Waals surface area (Å²) < 4.78 is 5.33. The molecule has 28 heavy (non-hydrogen) atoms. The van der Waals surface area contributed by atoms with Crippen molar-refractivity contribution in [3.63, 3.8) is 0 Å². The van der Waals surface area contributed by atoms with E-state index in [0.717, 1.165) is 36.6 Å². The van der Waals surface area contributed by atoms with Gasteiger partial charge >= 0.3 is 0 Å². The molecular weight excluding hydrogens is 376 g/mol. The van der Waals surface area contributed by atoms with Gasteiger partial charge in [-0.05, 0) is 50.5 Å². The predicted octanol–water partition coefficient (Wildman–Crippen LogP) is 1.58. The summed E-state index contributed by atoms with van der Waals surface area (Å²) in [6, 6.07) is 7.41. The standard InChI is InChI=1S/C19H22N6O2S/c1-13-17(28-23-21-13)18(26)20-12-16-14-6-2-3-7-15(14)19(27)25(22-16)11-10-24-8-4-5-9-24/h2-3,6-7H,4-5,8-12H2,1H3,(H,20,26). The largest absolute Gasteiger partial charge is 0.345 e. The average Bonchev–Trinajstić information content (AvgIpc) is 3.38. The molecule has 2 aromatic heterocycles. The monoisotopic (exact) mass is 398 g/mol. The molecule has 3 aromatic rings. The van der Waals surface area contributed by atoms with Crippen molar-refractivity contribution in [2.24, 2.45) is 0 Å². The van der Waals surface area contributed by atoms with E-state index in [9.17, 15) is 9.59 Å². The van der Waals surface area contributed by atoms with E-state index >= 15 is 0 Å². The van der Waals surface area contributed by atoms with Crippen molar-refractivity contribution in [1.29, 1.82) is 0 Å². The molecule has 1 amide bonds. The molecular formula is C19H22N6O2S. The topological polar surface area (TPSA) is 93.0 Å². The number of benzene rings is 1. The van der Waals surface area contributed by atoms with Gasteiger partial charge in [-0.15, -0.1) is 5.10 Å². The van der Waals surface area contributed by atoms with Crippen LogP contribution in [0.4, 0.5) is 0 Å². The molecule has 0 spiro atoms. The van der Waals surface area contributed by atoms with Crippen LogP contribution >= 0.6 is 11.5 Å². The van der Waals surface area contributed by atoms with Gasteiger partial charge in [-0.3, -0.25) is 9.59 Å². The van der Waals surface area contributed by atoms with Crippen LogP contribution in [-0.4, -0.2) is 49.8 Å². The maximum Gasteiger partial charge on any atom is 0.274 e. The molecule has 1 aliphatic heterocycles. The maximum atomic E-state index is 12.8. The van der Waals surface area contributed by atoms with Crippen LogP contribution in [0.15, 0.2) is 29.1 Å². The molecule has 4 rings (SSSR count). The minimum Gasteiger partial charge on any atom is -0.345 e. The summed E-state index contributed by atoms with van der Waals surface area (Å²) in [6.07, 6.45) is 2.42. The van der Waals surface area contributed by atoms with Crippen LogP contribution < -0.4 is 10.9 Å². The summed E-state index contributed by atoms with van der Waals surface area (Å²) >= 11 is 1.07. The van der Waals surface area contributed by atoms with E-state index in [2.05, 4.69) is 24.9 Å². The number of carbonyl (C=O) groups excluding carboxylic acids is 1. The molecule has 1 N–H and O–H groups in total. The first-order valence-electron chi connectivity index (χ1n) is 9.42. The molecule has 146 valence electrons. The first kappa shape index (κ1) is 18.7. The molecule has 1 aliphatic rings. The Morgan fingerprint density at radius 3 is 2.64 bits per heavy atom. The second-order valence-electron chi connectivity index (χ2n) is 6.94. The molecule has 9 heteroatoms. The van der Waals surface area contributed by atoms with Gasteiger partial charge in [-0.1, -0.05) is 22.7 Å². The molecule has 0 aliphatic carbocycles. The third kappa shape index (κ3) is 3.81. The molecule has 8 nitrogen and oxygen atoms in total. The lowest BCUT2D eigenvalue weighted by Crippen LogP contribution is -2.32. The zero-order valence-electron chi connectivity index (χ0n) is 15.7. The van der Waals surface area contributed by atoms with Crippen molar-refractivity contribution in [2.45, 2.75) is 32.9 Å². The Balaban J connectivity index is 1.59. The minimum absolute atomic E-state index is 0.0904. The highest BCUT2D eigenvalue weighted by Crippen LogP contribution is 2.15. The molecule has 1 fully saturated rings. The number of nitrogens with zero attached hydrogens (tertiary/aromatic N) is 5. The van der Waals surface area contributed by atoms with E-state index in [1.807, 2.05) is 24.3 Å². The molecule has 0 atom stereocenters. The van der Waals surface area contributed by atoms with Crippen molar-refractivity contribution in [1.82, 2.24) is 29.6 Å². The van der Waals surface area contributed by atoms with Crippen molar-refractivity contribution in [3.8, 4) is 0 Å². The second kappa shape index (κ2) is 8.15. The Labute approximate surface area is 166 Å². The van der Waals surface area contributed by atoms with E-state index in [-0.39, 0.29) is 18.0 Å². The number of carbonyl (C=O) groups is 1. The molecule has 0 saturated carbocycles. The van der Waals surface area contributed by atoms with Gasteiger partial charge in [-0.25, -0.2) is 4.68 Å². The number of nitrogens with one attached hydrogen (secondary N) is 1. The van der Waals surface area contributed by atoms with Crippen LogP contribution in [0.5, 0.6) is 0 Å². The van der Waals surface area contributed by atoms with Crippen LogP contribution in [0.3, 0.4) is 0 Å². The molecule has 3 heterocycles. The van der Waals surface area contributed by atoms with Crippen LogP contribution in [0.25, 0.3) is 10.8 Å². The molecule has 0 unspecified atom stereocenters. The zero-order valence-corrected chi connectivity index (χ0v) is 16.5. The lowest BCUT2D eigenvalue weighted by atomic mass is 10.1. The average molecular weight is 398 g/mol. The van der Waals surface area contributed by atoms with Gasteiger partial charge in [0, 0.05) is 11.9 Å². The summed E-state index contributed by atoms with van der Waals surface area (Å²) in [5.74, 6) is -0.229. The lowest BCUT2D eigenvalue weighted by Gasteiger charge is -2.16. The Kier molecular flexibility index (Phi) is 5.45. The fourth-order valence-corrected chi connectivity index (χ4v) is 4.09. The van der Waals surface area contributed by atoms with Gasteiger partial charge in [0.1, 0.15) is 4.88 Å². The van der Waals surface area contributed by atoms with Gasteiger partial charge < -0.3 is 10.2 Å². The number of hydrogen-bond donors (Lipinski definition) is 1. The first-order valence-corrected chi connectivity index (χ1v) is 10.2. The van der Waals surface area contributed by atoms with Crippen LogP contribution in [-0.2, 0) is 13.1 Å². The lowest BCUT2D eigenvalue weighted by molar-refractivity contribution is 0.0953. The van der Waals surface area contributed by atoms with E-state index in [4.69, 9.17) is 0 Å². The van der Waals surface area contributed by atoms with Gasteiger partial charge in [0.25, 0.3) is 11.5 Å². The molecule has 0 bridgehead atoms. The Morgan fingerprint density at radius 1 is 1.18 bits per heavy atom. The smallest absolute Gasteiger partial charge is 0.274 e. The van der Waals surface area contributed by atoms with Crippen molar-refractivity contribution >= 4 is 28.2 Å². The highest BCUT2D eigenvalue weighted by atomic mass is 32.1. The number of hydrogen-bond acceptors (Lipinski definition) is 7. The number of aromatic nitrogens is 4. The SMILES string of the molecule is Cc1nnsc1C(=O)NCc1nn(CCN2CCCC2)c(=O)c2ccccc12. The van der Waals surface area contributed by atoms with Crippen LogP contribution in [0, 0.1) is 6.92 Å². The van der Waals surface area contributed by atoms with Crippen molar-refractivity contribution < 1.29 is 4.79 Å². The Morgan fingerprint density at radius 2 is 1.93 bits per heavy atom. The fourth-order valence-electron chi connectivity index (χ4n) is 3.51. The Hall–Kier alpha value is -2.65. The number of fused-ring (bicyclic) bond motifs is 1. The van der Waals surface area contributed by atoms with Gasteiger partial charge in [-0.2, -0.15) is 5.10 Å². The summed E-state index contributed by atoms with van der Waals surface area (Å²) in [4.78, 5) is 28.1. The molecule has 1 saturated heterocycles. The highest BCUT2D eigenvalue weighted by Gasteiger charge is 2.16. The molecule has 1 aromatic carbocycles. The summed E-state index contributed by atoms with van der Waals surface area (Å²) in [5, 5.41) is 12.7. The summed E-state index contributed by atoms with van der Waals surface area (Å²) in [5.41, 5.74) is 1.20. The number of amides is 1. The predicted molar refractivity (Wildman–Crippen MR) is 107 cm³/mol. The van der Waals surface area contributed by atoms with E-state index < -0.39 is 0 Å². The normalized spacial score (nSPS) is 14.6. The summed E-state index contributed by atoms with van der Waals surface area (Å²) in [6.45, 7) is 5.50. The van der Waals surface area contributed by atoms with E-state index in [0.29, 0.717) is 28.2 Å². The van der Waals surface area contributed by atoms with Crippen molar-refractivity contribution in [3.05, 3.63) is 50.9 Å². The summed E-state index contributed by atoms with van der Waals surface area (Å²) in [7, 11) is 0. The quantitative estimate of drug-likeness (QED) is 0.678. The Bertz CT molecular complexity index is 1050. The fraction of sp³-hybridized carbons (Fsp3) is 0.421. The molecule has 0 radical (unpaired) electrons. The van der Waals surface area contributed by atoms with Crippen LogP contribution in [0.2, 0.25) is 0 Å². The van der Waals surface area contributed by atoms with Gasteiger partial charge in [0.2, 0.25) is 0 Å². The number of aryl methyl sites for hydroxylation is 1.